The van der Waals surface area contributed by atoms with Gasteiger partial charge in [0, 0.05) is 37.4 Å². The highest BCUT2D eigenvalue weighted by Crippen LogP contribution is 2.10. The highest BCUT2D eigenvalue weighted by Gasteiger charge is 2.16. The van der Waals surface area contributed by atoms with Gasteiger partial charge in [-0.2, -0.15) is 11.8 Å². The van der Waals surface area contributed by atoms with Crippen LogP contribution in [0.15, 0.2) is 0 Å². The van der Waals surface area contributed by atoms with E-state index in [2.05, 4.69) is 0 Å². The van der Waals surface area contributed by atoms with Crippen LogP contribution in [-0.4, -0.2) is 41.3 Å². The highest BCUT2D eigenvalue weighted by atomic mass is 32.2. The molecule has 0 saturated carbocycles. The van der Waals surface area contributed by atoms with Crippen LogP contribution in [0.2, 0.25) is 0 Å². The first-order chi connectivity index (χ1) is 6.20. The van der Waals surface area contributed by atoms with Gasteiger partial charge in [-0.15, -0.1) is 0 Å². The molecule has 0 bridgehead atoms. The molecule has 1 fully saturated rings. The first kappa shape index (κ1) is 10.4. The Morgan fingerprint density at radius 3 is 2.38 bits per heavy atom. The van der Waals surface area contributed by atoms with E-state index in [0.29, 0.717) is 0 Å². The molecule has 2 N–H and O–H groups in total. The van der Waals surface area contributed by atoms with E-state index >= 15 is 0 Å². The third-order valence-electron chi connectivity index (χ3n) is 1.95. The van der Waals surface area contributed by atoms with Gasteiger partial charge in [-0.05, 0) is 0 Å². The largest absolute Gasteiger partial charge is 0.370 e. The number of amides is 2. The number of carbonyl (C=O) groups excluding carboxylic acids is 2. The lowest BCUT2D eigenvalue weighted by atomic mass is 10.2. The predicted octanol–water partition coefficient (Wildman–Crippen LogP) is -0.173. The van der Waals surface area contributed by atoms with Gasteiger partial charge < -0.3 is 10.6 Å². The minimum atomic E-state index is -0.403. The van der Waals surface area contributed by atoms with Crippen LogP contribution in [0, 0.1) is 0 Å². The number of rotatable bonds is 3. The van der Waals surface area contributed by atoms with Gasteiger partial charge in [-0.1, -0.05) is 0 Å². The minimum Gasteiger partial charge on any atom is -0.370 e. The molecule has 0 aromatic rings. The first-order valence-electron chi connectivity index (χ1n) is 4.34. The Labute approximate surface area is 81.8 Å². The molecular weight excluding hydrogens is 188 g/mol. The van der Waals surface area contributed by atoms with E-state index in [0.717, 1.165) is 24.6 Å². The Morgan fingerprint density at radius 2 is 1.85 bits per heavy atom. The number of primary amides is 1. The monoisotopic (exact) mass is 202 g/mol. The van der Waals surface area contributed by atoms with Gasteiger partial charge in [0.05, 0.1) is 0 Å². The van der Waals surface area contributed by atoms with Crippen molar-refractivity contribution in [3.05, 3.63) is 0 Å². The second kappa shape index (κ2) is 5.11. The van der Waals surface area contributed by atoms with Crippen LogP contribution in [0.5, 0.6) is 0 Å². The Hall–Kier alpha value is -0.710. The normalized spacial score (nSPS) is 17.1. The maximum absolute atomic E-state index is 11.4. The average molecular weight is 202 g/mol. The molecule has 0 spiro atoms. The van der Waals surface area contributed by atoms with Crippen molar-refractivity contribution in [1.29, 1.82) is 0 Å². The molecule has 4 nitrogen and oxygen atoms in total. The molecule has 0 aromatic heterocycles. The quantitative estimate of drug-likeness (QED) is 0.691. The zero-order valence-corrected chi connectivity index (χ0v) is 8.31. The van der Waals surface area contributed by atoms with Crippen LogP contribution in [0.25, 0.3) is 0 Å². The standard InChI is InChI=1S/C8H14N2O2S/c9-7(11)1-2-8(12)10-3-5-13-6-4-10/h1-6H2,(H2,9,11). The summed E-state index contributed by atoms with van der Waals surface area (Å²) in [6.45, 7) is 1.62. The summed E-state index contributed by atoms with van der Waals surface area (Å²) in [6.07, 6.45) is 0.433. The summed E-state index contributed by atoms with van der Waals surface area (Å²) in [5, 5.41) is 0. The Morgan fingerprint density at radius 1 is 1.23 bits per heavy atom. The van der Waals surface area contributed by atoms with Crippen molar-refractivity contribution in [2.75, 3.05) is 24.6 Å². The molecule has 0 radical (unpaired) electrons. The van der Waals surface area contributed by atoms with E-state index in [1.165, 1.54) is 0 Å². The lowest BCUT2D eigenvalue weighted by Crippen LogP contribution is -2.38. The van der Waals surface area contributed by atoms with Crippen LogP contribution in [0.4, 0.5) is 0 Å². The van der Waals surface area contributed by atoms with Gasteiger partial charge in [-0.3, -0.25) is 9.59 Å². The topological polar surface area (TPSA) is 63.4 Å². The van der Waals surface area contributed by atoms with Gasteiger partial charge in [0.2, 0.25) is 11.8 Å². The van der Waals surface area contributed by atoms with Crippen LogP contribution in [-0.2, 0) is 9.59 Å². The Balaban J connectivity index is 2.25. The lowest BCUT2D eigenvalue weighted by Gasteiger charge is -2.26. The summed E-state index contributed by atoms with van der Waals surface area (Å²) in [5.74, 6) is 1.66. The van der Waals surface area contributed by atoms with Crippen molar-refractivity contribution in [3.63, 3.8) is 0 Å². The van der Waals surface area contributed by atoms with Crippen molar-refractivity contribution in [1.82, 2.24) is 4.90 Å². The van der Waals surface area contributed by atoms with Gasteiger partial charge in [0.25, 0.3) is 0 Å². The fraction of sp³-hybridized carbons (Fsp3) is 0.750. The summed E-state index contributed by atoms with van der Waals surface area (Å²) >= 11 is 1.85. The second-order valence-electron chi connectivity index (χ2n) is 2.96. The van der Waals surface area contributed by atoms with E-state index in [4.69, 9.17) is 5.73 Å². The van der Waals surface area contributed by atoms with Gasteiger partial charge in [0.15, 0.2) is 0 Å². The molecule has 0 atom stereocenters. The smallest absolute Gasteiger partial charge is 0.223 e. The molecule has 1 heterocycles. The van der Waals surface area contributed by atoms with E-state index in [1.54, 1.807) is 4.90 Å². The van der Waals surface area contributed by atoms with Gasteiger partial charge in [0.1, 0.15) is 0 Å². The molecule has 5 heteroatoms. The average Bonchev–Trinajstić information content (AvgIpc) is 2.15. The molecule has 1 aliphatic rings. The van der Waals surface area contributed by atoms with E-state index < -0.39 is 5.91 Å². The van der Waals surface area contributed by atoms with Crippen LogP contribution >= 0.6 is 11.8 Å². The number of hydrogen-bond donors (Lipinski definition) is 1. The zero-order chi connectivity index (χ0) is 9.68. The number of thioether (sulfide) groups is 1. The minimum absolute atomic E-state index is 0.0547. The summed E-state index contributed by atoms with van der Waals surface area (Å²) in [7, 11) is 0. The predicted molar refractivity (Wildman–Crippen MR) is 52.3 cm³/mol. The fourth-order valence-corrected chi connectivity index (χ4v) is 2.10. The first-order valence-corrected chi connectivity index (χ1v) is 5.49. The summed E-state index contributed by atoms with van der Waals surface area (Å²) in [6, 6.07) is 0. The summed E-state index contributed by atoms with van der Waals surface area (Å²) in [4.78, 5) is 23.7. The maximum Gasteiger partial charge on any atom is 0.223 e. The van der Waals surface area contributed by atoms with Gasteiger partial charge in [-0.25, -0.2) is 0 Å². The highest BCUT2D eigenvalue weighted by molar-refractivity contribution is 7.99. The van der Waals surface area contributed by atoms with E-state index in [-0.39, 0.29) is 18.7 Å². The van der Waals surface area contributed by atoms with Crippen LogP contribution in [0.1, 0.15) is 12.8 Å². The lowest BCUT2D eigenvalue weighted by molar-refractivity contribution is -0.132. The molecule has 1 saturated heterocycles. The third kappa shape index (κ3) is 3.67. The SMILES string of the molecule is NC(=O)CCC(=O)N1CCSCC1. The molecule has 0 aliphatic carbocycles. The van der Waals surface area contributed by atoms with Crippen molar-refractivity contribution >= 4 is 23.6 Å². The third-order valence-corrected chi connectivity index (χ3v) is 2.89. The molecule has 0 aromatic carbocycles. The second-order valence-corrected chi connectivity index (χ2v) is 4.18. The molecule has 1 aliphatic heterocycles. The molecule has 13 heavy (non-hydrogen) atoms. The van der Waals surface area contributed by atoms with Crippen LogP contribution < -0.4 is 5.73 Å². The number of nitrogens with zero attached hydrogens (tertiary/aromatic N) is 1. The molecule has 1 rings (SSSR count). The van der Waals surface area contributed by atoms with Crippen molar-refractivity contribution in [3.8, 4) is 0 Å². The molecule has 0 unspecified atom stereocenters. The van der Waals surface area contributed by atoms with Gasteiger partial charge >= 0.3 is 0 Å². The van der Waals surface area contributed by atoms with E-state index in [9.17, 15) is 9.59 Å². The summed E-state index contributed by atoms with van der Waals surface area (Å²) in [5.41, 5.74) is 4.96. The Kier molecular flexibility index (Phi) is 4.08. The van der Waals surface area contributed by atoms with Crippen molar-refractivity contribution < 1.29 is 9.59 Å². The molecule has 74 valence electrons. The molecule has 2 amide bonds. The number of nitrogens with two attached hydrogens (primary N) is 1. The fourth-order valence-electron chi connectivity index (χ4n) is 1.20. The number of carbonyl (C=O) groups is 2. The van der Waals surface area contributed by atoms with E-state index in [1.807, 2.05) is 11.8 Å². The van der Waals surface area contributed by atoms with Crippen molar-refractivity contribution in [2.45, 2.75) is 12.8 Å². The Bertz CT molecular complexity index is 202. The zero-order valence-electron chi connectivity index (χ0n) is 7.49. The van der Waals surface area contributed by atoms with Crippen molar-refractivity contribution in [2.24, 2.45) is 5.73 Å². The maximum atomic E-state index is 11.4. The number of hydrogen-bond acceptors (Lipinski definition) is 3. The summed E-state index contributed by atoms with van der Waals surface area (Å²) < 4.78 is 0. The van der Waals surface area contributed by atoms with Crippen LogP contribution in [0.3, 0.4) is 0 Å². The molecular formula is C8H14N2O2S.